The lowest BCUT2D eigenvalue weighted by Crippen LogP contribution is -1.86. The lowest BCUT2D eigenvalue weighted by molar-refractivity contribution is 0.629. The van der Waals surface area contributed by atoms with Gasteiger partial charge in [0, 0.05) is 16.6 Å². The molecule has 90 valence electrons. The number of benzene rings is 2. The first-order valence-electron chi connectivity index (χ1n) is 6.00. The van der Waals surface area contributed by atoms with E-state index in [9.17, 15) is 0 Å². The monoisotopic (exact) mass is 237 g/mol. The molecule has 0 aliphatic heterocycles. The van der Waals surface area contributed by atoms with Crippen LogP contribution in [-0.2, 0) is 0 Å². The fourth-order valence-corrected chi connectivity index (χ4v) is 2.31. The first-order valence-corrected chi connectivity index (χ1v) is 6.00. The lowest BCUT2D eigenvalue weighted by Gasteiger charge is -2.01. The molecule has 2 heteroatoms. The molecule has 0 unspecified atom stereocenters. The molecule has 0 bridgehead atoms. The zero-order chi connectivity index (χ0) is 12.7. The highest BCUT2D eigenvalue weighted by molar-refractivity contribution is 5.85. The maximum Gasteiger partial charge on any atom is 0.137 e. The normalized spacial score (nSPS) is 11.0. The Bertz CT molecular complexity index is 705. The molecule has 1 heterocycles. The Morgan fingerprint density at radius 1 is 1.00 bits per heavy atom. The zero-order valence-corrected chi connectivity index (χ0v) is 10.5. The number of anilines is 1. The summed E-state index contributed by atoms with van der Waals surface area (Å²) < 4.78 is 5.94. The molecule has 0 saturated carbocycles. The molecule has 0 saturated heterocycles. The molecular weight excluding hydrogens is 222 g/mol. The van der Waals surface area contributed by atoms with Gasteiger partial charge in [0.25, 0.3) is 0 Å². The number of para-hydroxylation sites is 1. The summed E-state index contributed by atoms with van der Waals surface area (Å²) in [6.45, 7) is 4.09. The van der Waals surface area contributed by atoms with Gasteiger partial charge >= 0.3 is 0 Å². The minimum Gasteiger partial charge on any atom is -0.456 e. The van der Waals surface area contributed by atoms with E-state index in [1.54, 1.807) is 0 Å². The number of fused-ring (bicyclic) bond motifs is 1. The van der Waals surface area contributed by atoms with Crippen LogP contribution in [0.1, 0.15) is 11.1 Å². The van der Waals surface area contributed by atoms with Crippen molar-refractivity contribution in [1.29, 1.82) is 0 Å². The van der Waals surface area contributed by atoms with E-state index in [-0.39, 0.29) is 0 Å². The van der Waals surface area contributed by atoms with Gasteiger partial charge in [0.1, 0.15) is 11.3 Å². The lowest BCUT2D eigenvalue weighted by atomic mass is 10.1. The van der Waals surface area contributed by atoms with E-state index in [4.69, 9.17) is 10.2 Å². The van der Waals surface area contributed by atoms with Crippen LogP contribution >= 0.6 is 0 Å². The van der Waals surface area contributed by atoms with Crippen LogP contribution in [0.3, 0.4) is 0 Å². The van der Waals surface area contributed by atoms with Crippen LogP contribution in [0.15, 0.2) is 46.9 Å². The van der Waals surface area contributed by atoms with Gasteiger partial charge in [-0.25, -0.2) is 0 Å². The van der Waals surface area contributed by atoms with Crippen molar-refractivity contribution < 1.29 is 4.42 Å². The topological polar surface area (TPSA) is 39.2 Å². The highest BCUT2D eigenvalue weighted by atomic mass is 16.3. The molecular formula is C16H15NO. The molecule has 2 nitrogen and oxygen atoms in total. The maximum atomic E-state index is 5.94. The number of furan rings is 1. The molecule has 0 fully saturated rings. The summed E-state index contributed by atoms with van der Waals surface area (Å²) in [6, 6.07) is 14.2. The summed E-state index contributed by atoms with van der Waals surface area (Å²) in [6.07, 6.45) is 0. The van der Waals surface area contributed by atoms with Gasteiger partial charge in [-0.15, -0.1) is 0 Å². The van der Waals surface area contributed by atoms with Crippen molar-refractivity contribution in [3.8, 4) is 11.3 Å². The van der Waals surface area contributed by atoms with Gasteiger partial charge in [0.05, 0.1) is 0 Å². The van der Waals surface area contributed by atoms with Crippen molar-refractivity contribution >= 4 is 16.7 Å². The number of hydrogen-bond donors (Lipinski definition) is 1. The molecule has 18 heavy (non-hydrogen) atoms. The van der Waals surface area contributed by atoms with Crippen LogP contribution in [0.4, 0.5) is 5.69 Å². The Labute approximate surface area is 106 Å². The highest BCUT2D eigenvalue weighted by Crippen LogP contribution is 2.31. The van der Waals surface area contributed by atoms with Crippen LogP contribution in [0.25, 0.3) is 22.3 Å². The quantitative estimate of drug-likeness (QED) is 0.641. The van der Waals surface area contributed by atoms with E-state index in [2.05, 4.69) is 31.2 Å². The van der Waals surface area contributed by atoms with Gasteiger partial charge in [0.15, 0.2) is 0 Å². The van der Waals surface area contributed by atoms with Crippen molar-refractivity contribution in [3.63, 3.8) is 0 Å². The van der Waals surface area contributed by atoms with E-state index < -0.39 is 0 Å². The van der Waals surface area contributed by atoms with E-state index in [0.29, 0.717) is 0 Å². The Hall–Kier alpha value is -2.22. The maximum absolute atomic E-state index is 5.94. The summed E-state index contributed by atoms with van der Waals surface area (Å²) in [7, 11) is 0. The molecule has 0 amide bonds. The first kappa shape index (κ1) is 10.9. The largest absolute Gasteiger partial charge is 0.456 e. The molecule has 0 spiro atoms. The van der Waals surface area contributed by atoms with Gasteiger partial charge in [0.2, 0.25) is 0 Å². The Kier molecular flexibility index (Phi) is 2.37. The fourth-order valence-electron chi connectivity index (χ4n) is 2.31. The zero-order valence-electron chi connectivity index (χ0n) is 10.5. The molecule has 0 radical (unpaired) electrons. The average molecular weight is 237 g/mol. The van der Waals surface area contributed by atoms with Crippen molar-refractivity contribution in [2.75, 3.05) is 5.73 Å². The minimum atomic E-state index is 0.766. The molecule has 1 aromatic heterocycles. The van der Waals surface area contributed by atoms with Crippen LogP contribution in [-0.4, -0.2) is 0 Å². The predicted octanol–water partition coefficient (Wildman–Crippen LogP) is 4.30. The van der Waals surface area contributed by atoms with Crippen LogP contribution in [0, 0.1) is 13.8 Å². The van der Waals surface area contributed by atoms with Crippen LogP contribution in [0.5, 0.6) is 0 Å². The summed E-state index contributed by atoms with van der Waals surface area (Å²) in [5.41, 5.74) is 10.9. The molecule has 0 atom stereocenters. The van der Waals surface area contributed by atoms with Gasteiger partial charge in [-0.05, 0) is 49.2 Å². The van der Waals surface area contributed by atoms with Gasteiger partial charge in [-0.2, -0.15) is 0 Å². The van der Waals surface area contributed by atoms with Gasteiger partial charge in [-0.1, -0.05) is 18.2 Å². The number of aryl methyl sites for hydroxylation is 2. The summed E-state index contributed by atoms with van der Waals surface area (Å²) >= 11 is 0. The molecule has 2 aromatic carbocycles. The second-order valence-corrected chi connectivity index (χ2v) is 4.74. The van der Waals surface area contributed by atoms with E-state index in [1.807, 2.05) is 25.1 Å². The Morgan fingerprint density at radius 3 is 2.56 bits per heavy atom. The SMILES string of the molecule is Cc1cc(N)cc(-c2cc3cccc(C)c3o2)c1. The van der Waals surface area contributed by atoms with Gasteiger partial charge in [-0.3, -0.25) is 0 Å². The second kappa shape index (κ2) is 3.91. The van der Waals surface area contributed by atoms with E-state index >= 15 is 0 Å². The number of nitrogens with two attached hydrogens (primary N) is 1. The predicted molar refractivity (Wildman–Crippen MR) is 75.5 cm³/mol. The smallest absolute Gasteiger partial charge is 0.137 e. The molecule has 2 N–H and O–H groups in total. The third kappa shape index (κ3) is 1.76. The third-order valence-corrected chi connectivity index (χ3v) is 3.13. The number of hydrogen-bond acceptors (Lipinski definition) is 2. The third-order valence-electron chi connectivity index (χ3n) is 3.13. The summed E-state index contributed by atoms with van der Waals surface area (Å²) in [5.74, 6) is 0.870. The van der Waals surface area contributed by atoms with E-state index in [1.165, 1.54) is 0 Å². The van der Waals surface area contributed by atoms with Crippen LogP contribution in [0.2, 0.25) is 0 Å². The number of nitrogen functional groups attached to an aromatic ring is 1. The number of rotatable bonds is 1. The standard InChI is InChI=1S/C16H15NO/c1-10-6-13(8-14(17)7-10)15-9-12-5-3-4-11(2)16(12)18-15/h3-9H,17H2,1-2H3. The highest BCUT2D eigenvalue weighted by Gasteiger charge is 2.08. The van der Waals surface area contributed by atoms with Crippen molar-refractivity contribution in [2.45, 2.75) is 13.8 Å². The van der Waals surface area contributed by atoms with Gasteiger partial charge < -0.3 is 10.2 Å². The average Bonchev–Trinajstić information content (AvgIpc) is 2.73. The van der Waals surface area contributed by atoms with Crippen LogP contribution < -0.4 is 5.73 Å². The first-order chi connectivity index (χ1) is 8.63. The van der Waals surface area contributed by atoms with Crippen molar-refractivity contribution in [2.24, 2.45) is 0 Å². The Balaban J connectivity index is 2.22. The summed E-state index contributed by atoms with van der Waals surface area (Å²) in [5, 5.41) is 1.13. The fraction of sp³-hybridized carbons (Fsp3) is 0.125. The molecule has 3 rings (SSSR count). The molecule has 3 aromatic rings. The molecule has 0 aliphatic carbocycles. The van der Waals surface area contributed by atoms with E-state index in [0.717, 1.165) is 39.1 Å². The minimum absolute atomic E-state index is 0.766. The molecule has 0 aliphatic rings. The van der Waals surface area contributed by atoms with Crippen molar-refractivity contribution in [1.82, 2.24) is 0 Å². The summed E-state index contributed by atoms with van der Waals surface area (Å²) in [4.78, 5) is 0. The Morgan fingerprint density at radius 2 is 1.83 bits per heavy atom. The second-order valence-electron chi connectivity index (χ2n) is 4.74. The van der Waals surface area contributed by atoms with Crippen molar-refractivity contribution in [3.05, 3.63) is 53.6 Å².